The average molecular weight is 748 g/mol. The molecule has 1 N–H and O–H groups in total. The standard InChI is InChI=1S/C40H61NO12/c1-15-48-28(42)18-16-17-26(24-19-21-25(47-14)22-20-24)41-32-31(53-36(46)40(11,12)13)30(52-35(45)39(8,9)10)29(51-34(44)38(5,6)7)27(50-32)23-49-33(43)37(2,3)4/h16,18-22,26-27,29-32,41H,15,17,23H2,1-14H3/b18-16+/t26-,27+,29-,30-,31+,32+/m0/s1. The molecule has 1 heterocycles. The van der Waals surface area contributed by atoms with Gasteiger partial charge in [0.15, 0.2) is 24.5 Å². The van der Waals surface area contributed by atoms with Crippen molar-refractivity contribution in [1.82, 2.24) is 5.32 Å². The van der Waals surface area contributed by atoms with Gasteiger partial charge in [-0.3, -0.25) is 24.5 Å². The first-order chi connectivity index (χ1) is 24.3. The second kappa shape index (κ2) is 18.4. The van der Waals surface area contributed by atoms with E-state index < -0.39 is 94.8 Å². The lowest BCUT2D eigenvalue weighted by Gasteiger charge is -2.47. The van der Waals surface area contributed by atoms with Crippen molar-refractivity contribution < 1.29 is 57.1 Å². The molecule has 0 saturated carbocycles. The van der Waals surface area contributed by atoms with E-state index in [2.05, 4.69) is 5.32 Å². The highest BCUT2D eigenvalue weighted by atomic mass is 16.7. The van der Waals surface area contributed by atoms with E-state index in [-0.39, 0.29) is 13.0 Å². The molecule has 1 aliphatic rings. The Bertz CT molecular complexity index is 1440. The molecule has 1 aromatic carbocycles. The molecule has 1 saturated heterocycles. The van der Waals surface area contributed by atoms with Crippen molar-refractivity contribution in [2.75, 3.05) is 20.3 Å². The Balaban J connectivity index is 2.83. The molecule has 13 heteroatoms. The van der Waals surface area contributed by atoms with E-state index in [1.165, 1.54) is 6.08 Å². The summed E-state index contributed by atoms with van der Waals surface area (Å²) in [5.41, 5.74) is -3.16. The van der Waals surface area contributed by atoms with Gasteiger partial charge in [-0.1, -0.05) is 18.2 Å². The number of rotatable bonds is 13. The van der Waals surface area contributed by atoms with E-state index >= 15 is 0 Å². The predicted molar refractivity (Wildman–Crippen MR) is 196 cm³/mol. The maximum absolute atomic E-state index is 13.6. The molecule has 6 atom stereocenters. The van der Waals surface area contributed by atoms with Crippen LogP contribution in [-0.2, 0) is 52.4 Å². The van der Waals surface area contributed by atoms with Crippen LogP contribution in [0.2, 0.25) is 0 Å². The van der Waals surface area contributed by atoms with Crippen LogP contribution < -0.4 is 10.1 Å². The van der Waals surface area contributed by atoms with Crippen LogP contribution in [0.3, 0.4) is 0 Å². The second-order valence-electron chi connectivity index (χ2n) is 17.2. The number of ether oxygens (including phenoxy) is 7. The van der Waals surface area contributed by atoms with Crippen LogP contribution in [0.15, 0.2) is 36.4 Å². The number of carbonyl (C=O) groups is 5. The highest BCUT2D eigenvalue weighted by Crippen LogP contribution is 2.35. The number of hydrogen-bond acceptors (Lipinski definition) is 13. The fraction of sp³-hybridized carbons (Fsp3) is 0.675. The molecule has 2 rings (SSSR count). The molecule has 1 aromatic rings. The summed E-state index contributed by atoms with van der Waals surface area (Å²) in [7, 11) is 1.55. The maximum atomic E-state index is 13.6. The molecular formula is C40H61NO12. The van der Waals surface area contributed by atoms with Gasteiger partial charge in [0, 0.05) is 12.1 Å². The van der Waals surface area contributed by atoms with Crippen LogP contribution in [0.25, 0.3) is 0 Å². The Kier molecular flexibility index (Phi) is 15.7. The van der Waals surface area contributed by atoms with Gasteiger partial charge in [0.25, 0.3) is 0 Å². The molecule has 0 bridgehead atoms. The predicted octanol–water partition coefficient (Wildman–Crippen LogP) is 6.02. The Morgan fingerprint density at radius 3 is 1.62 bits per heavy atom. The molecule has 0 spiro atoms. The van der Waals surface area contributed by atoms with Crippen LogP contribution >= 0.6 is 0 Å². The minimum atomic E-state index is -1.42. The fourth-order valence-electron chi connectivity index (χ4n) is 4.69. The van der Waals surface area contributed by atoms with E-state index in [9.17, 15) is 24.0 Å². The third-order valence-electron chi connectivity index (χ3n) is 7.99. The maximum Gasteiger partial charge on any atom is 0.330 e. The van der Waals surface area contributed by atoms with Crippen LogP contribution in [0.4, 0.5) is 0 Å². The lowest BCUT2D eigenvalue weighted by atomic mass is 9.92. The summed E-state index contributed by atoms with van der Waals surface area (Å²) in [6.45, 7) is 21.6. The SMILES string of the molecule is CCOC(=O)/C=C/C[C@H](N[C@@H]1O[C@H](COC(=O)C(C)(C)C)[C@H](OC(=O)C(C)(C)C)[C@H](OC(=O)C(C)(C)C)[C@H]1OC(=O)C(C)(C)C)c1ccc(OC)cc1. The summed E-state index contributed by atoms with van der Waals surface area (Å²) in [6, 6.07) is 6.58. The van der Waals surface area contributed by atoms with E-state index in [0.29, 0.717) is 5.75 Å². The number of carbonyl (C=O) groups excluding carboxylic acids is 5. The third-order valence-corrected chi connectivity index (χ3v) is 7.99. The summed E-state index contributed by atoms with van der Waals surface area (Å²) in [5.74, 6) is -2.41. The van der Waals surface area contributed by atoms with Crippen molar-refractivity contribution in [3.8, 4) is 5.75 Å². The monoisotopic (exact) mass is 747 g/mol. The summed E-state index contributed by atoms with van der Waals surface area (Å²) in [6.07, 6.45) is -3.43. The van der Waals surface area contributed by atoms with Gasteiger partial charge in [0.05, 0.1) is 35.4 Å². The van der Waals surface area contributed by atoms with E-state index in [4.69, 9.17) is 33.2 Å². The molecule has 0 unspecified atom stereocenters. The zero-order chi connectivity index (χ0) is 40.5. The van der Waals surface area contributed by atoms with Crippen molar-refractivity contribution in [3.05, 3.63) is 42.0 Å². The molecule has 53 heavy (non-hydrogen) atoms. The molecule has 0 radical (unpaired) electrons. The molecular weight excluding hydrogens is 686 g/mol. The van der Waals surface area contributed by atoms with Gasteiger partial charge in [0.1, 0.15) is 18.5 Å². The number of hydrogen-bond donors (Lipinski definition) is 1. The zero-order valence-corrected chi connectivity index (χ0v) is 33.9. The van der Waals surface area contributed by atoms with Gasteiger partial charge in [-0.25, -0.2) is 4.79 Å². The molecule has 298 valence electrons. The molecule has 1 aliphatic heterocycles. The number of nitrogens with one attached hydrogen (secondary N) is 1. The Hall–Kier alpha value is -3.97. The van der Waals surface area contributed by atoms with Gasteiger partial charge < -0.3 is 33.2 Å². The minimum absolute atomic E-state index is 0.205. The molecule has 1 fully saturated rings. The Morgan fingerprint density at radius 2 is 1.17 bits per heavy atom. The smallest absolute Gasteiger partial charge is 0.330 e. The van der Waals surface area contributed by atoms with Crippen LogP contribution in [0, 0.1) is 21.7 Å². The molecule has 0 amide bonds. The van der Waals surface area contributed by atoms with Gasteiger partial charge in [-0.05, 0) is 114 Å². The minimum Gasteiger partial charge on any atom is -0.497 e. The van der Waals surface area contributed by atoms with Crippen molar-refractivity contribution >= 4 is 29.8 Å². The highest BCUT2D eigenvalue weighted by Gasteiger charge is 2.55. The van der Waals surface area contributed by atoms with Crippen molar-refractivity contribution in [2.45, 2.75) is 133 Å². The summed E-state index contributed by atoms with van der Waals surface area (Å²) >= 11 is 0. The number of methoxy groups -OCH3 is 1. The summed E-state index contributed by atoms with van der Waals surface area (Å²) < 4.78 is 41.1. The molecule has 0 aliphatic carbocycles. The van der Waals surface area contributed by atoms with Gasteiger partial charge in [0.2, 0.25) is 0 Å². The van der Waals surface area contributed by atoms with Crippen LogP contribution in [-0.4, -0.2) is 80.8 Å². The van der Waals surface area contributed by atoms with E-state index in [0.717, 1.165) is 5.56 Å². The van der Waals surface area contributed by atoms with E-state index in [1.54, 1.807) is 115 Å². The van der Waals surface area contributed by atoms with Gasteiger partial charge in [-0.2, -0.15) is 0 Å². The highest BCUT2D eigenvalue weighted by molar-refractivity contribution is 5.82. The van der Waals surface area contributed by atoms with Crippen molar-refractivity contribution in [3.63, 3.8) is 0 Å². The Labute approximate surface area is 314 Å². The number of benzene rings is 1. The number of esters is 5. The Morgan fingerprint density at radius 1 is 0.698 bits per heavy atom. The van der Waals surface area contributed by atoms with Crippen LogP contribution in [0.5, 0.6) is 5.75 Å². The van der Waals surface area contributed by atoms with Crippen LogP contribution in [0.1, 0.15) is 108 Å². The lowest BCUT2D eigenvalue weighted by molar-refractivity contribution is -0.266. The fourth-order valence-corrected chi connectivity index (χ4v) is 4.69. The normalized spacial score (nSPS) is 21.7. The zero-order valence-electron chi connectivity index (χ0n) is 33.9. The largest absolute Gasteiger partial charge is 0.497 e. The second-order valence-corrected chi connectivity index (χ2v) is 17.2. The van der Waals surface area contributed by atoms with Crippen molar-refractivity contribution in [1.29, 1.82) is 0 Å². The van der Waals surface area contributed by atoms with Gasteiger partial charge in [-0.15, -0.1) is 0 Å². The topological polar surface area (TPSA) is 162 Å². The third kappa shape index (κ3) is 13.7. The quantitative estimate of drug-likeness (QED) is 0.142. The first kappa shape index (κ1) is 45.2. The van der Waals surface area contributed by atoms with Crippen molar-refractivity contribution in [2.24, 2.45) is 21.7 Å². The molecule has 13 nitrogen and oxygen atoms in total. The lowest BCUT2D eigenvalue weighted by Crippen LogP contribution is -2.66. The summed E-state index contributed by atoms with van der Waals surface area (Å²) in [5, 5.41) is 3.40. The van der Waals surface area contributed by atoms with E-state index in [1.807, 2.05) is 12.1 Å². The van der Waals surface area contributed by atoms with Gasteiger partial charge >= 0.3 is 29.8 Å². The molecule has 0 aromatic heterocycles. The first-order valence-electron chi connectivity index (χ1n) is 18.0. The first-order valence-corrected chi connectivity index (χ1v) is 18.0. The summed E-state index contributed by atoms with van der Waals surface area (Å²) in [4.78, 5) is 66.0. The average Bonchev–Trinajstić information content (AvgIpc) is 3.03.